The molecule has 0 atom stereocenters. The van der Waals surface area contributed by atoms with Gasteiger partial charge in [0.2, 0.25) is 0 Å². The quantitative estimate of drug-likeness (QED) is 0.685. The van der Waals surface area contributed by atoms with Crippen LogP contribution in [-0.2, 0) is 9.53 Å². The second-order valence-electron chi connectivity index (χ2n) is 5.34. The van der Waals surface area contributed by atoms with Crippen molar-refractivity contribution in [2.24, 2.45) is 0 Å². The highest BCUT2D eigenvalue weighted by atomic mass is 35.5. The van der Waals surface area contributed by atoms with Crippen LogP contribution < -0.4 is 5.32 Å². The van der Waals surface area contributed by atoms with E-state index < -0.39 is 5.97 Å². The van der Waals surface area contributed by atoms with Crippen molar-refractivity contribution in [1.29, 1.82) is 0 Å². The van der Waals surface area contributed by atoms with Crippen molar-refractivity contribution in [3.8, 4) is 0 Å². The molecule has 1 aliphatic carbocycles. The zero-order valence-corrected chi connectivity index (χ0v) is 12.7. The van der Waals surface area contributed by atoms with Crippen molar-refractivity contribution in [2.75, 3.05) is 6.61 Å². The van der Waals surface area contributed by atoms with Crippen LogP contribution in [0.1, 0.15) is 48.9 Å². The molecule has 21 heavy (non-hydrogen) atoms. The molecule has 1 saturated carbocycles. The molecule has 1 amide bonds. The van der Waals surface area contributed by atoms with E-state index in [2.05, 4.69) is 5.32 Å². The number of halogens is 1. The topological polar surface area (TPSA) is 55.4 Å². The molecule has 0 heterocycles. The Morgan fingerprint density at radius 2 is 1.71 bits per heavy atom. The Balaban J connectivity index is 1.75. The lowest BCUT2D eigenvalue weighted by atomic mass is 10.1. The van der Waals surface area contributed by atoms with E-state index in [9.17, 15) is 9.59 Å². The summed E-state index contributed by atoms with van der Waals surface area (Å²) in [5.41, 5.74) is 0.390. The van der Waals surface area contributed by atoms with E-state index in [4.69, 9.17) is 16.3 Å². The van der Waals surface area contributed by atoms with Crippen LogP contribution in [0.2, 0.25) is 5.02 Å². The molecule has 5 heteroatoms. The lowest BCUT2D eigenvalue weighted by molar-refractivity contribution is -0.125. The van der Waals surface area contributed by atoms with Gasteiger partial charge < -0.3 is 10.1 Å². The number of hydrogen-bond donors (Lipinski definition) is 1. The molecule has 0 radical (unpaired) electrons. The van der Waals surface area contributed by atoms with Gasteiger partial charge in [-0.2, -0.15) is 0 Å². The number of esters is 1. The van der Waals surface area contributed by atoms with Crippen LogP contribution in [0.25, 0.3) is 0 Å². The minimum absolute atomic E-state index is 0.217. The molecule has 1 aliphatic rings. The molecule has 0 spiro atoms. The minimum atomic E-state index is -0.511. The van der Waals surface area contributed by atoms with E-state index in [0.29, 0.717) is 10.6 Å². The molecule has 1 N–H and O–H groups in total. The van der Waals surface area contributed by atoms with Gasteiger partial charge in [0.15, 0.2) is 6.61 Å². The Bertz CT molecular complexity index is 479. The van der Waals surface area contributed by atoms with Crippen LogP contribution in [0, 0.1) is 0 Å². The van der Waals surface area contributed by atoms with Gasteiger partial charge in [-0.15, -0.1) is 0 Å². The molecular formula is C16H20ClNO3. The average Bonchev–Trinajstić information content (AvgIpc) is 2.74. The zero-order valence-electron chi connectivity index (χ0n) is 11.9. The molecule has 1 aromatic carbocycles. The van der Waals surface area contributed by atoms with E-state index in [1.54, 1.807) is 24.3 Å². The summed E-state index contributed by atoms with van der Waals surface area (Å²) in [7, 11) is 0. The van der Waals surface area contributed by atoms with Crippen molar-refractivity contribution in [3.63, 3.8) is 0 Å². The van der Waals surface area contributed by atoms with Crippen molar-refractivity contribution in [1.82, 2.24) is 5.32 Å². The van der Waals surface area contributed by atoms with Gasteiger partial charge in [0.05, 0.1) is 5.56 Å². The maximum Gasteiger partial charge on any atom is 0.338 e. The average molecular weight is 310 g/mol. The summed E-state index contributed by atoms with van der Waals surface area (Å²) in [6.45, 7) is -0.238. The van der Waals surface area contributed by atoms with Crippen molar-refractivity contribution in [3.05, 3.63) is 34.9 Å². The van der Waals surface area contributed by atoms with Gasteiger partial charge in [0.1, 0.15) is 0 Å². The maximum atomic E-state index is 11.8. The van der Waals surface area contributed by atoms with E-state index in [1.807, 2.05) is 0 Å². The fourth-order valence-electron chi connectivity index (χ4n) is 2.49. The normalized spacial score (nSPS) is 16.0. The zero-order chi connectivity index (χ0) is 15.1. The van der Waals surface area contributed by atoms with Crippen LogP contribution in [0.4, 0.5) is 0 Å². The summed E-state index contributed by atoms with van der Waals surface area (Å²) in [5, 5.41) is 3.49. The first-order valence-corrected chi connectivity index (χ1v) is 7.75. The first-order valence-electron chi connectivity index (χ1n) is 7.37. The van der Waals surface area contributed by atoms with Crippen LogP contribution in [0.3, 0.4) is 0 Å². The highest BCUT2D eigenvalue weighted by molar-refractivity contribution is 6.30. The van der Waals surface area contributed by atoms with E-state index in [0.717, 1.165) is 25.7 Å². The van der Waals surface area contributed by atoms with E-state index in [1.165, 1.54) is 12.8 Å². The van der Waals surface area contributed by atoms with Gasteiger partial charge in [-0.3, -0.25) is 4.79 Å². The van der Waals surface area contributed by atoms with Gasteiger partial charge in [0.25, 0.3) is 5.91 Å². The Kier molecular flexibility index (Phi) is 6.05. The molecule has 0 unspecified atom stereocenters. The Labute approximate surface area is 129 Å². The van der Waals surface area contributed by atoms with Gasteiger partial charge in [-0.1, -0.05) is 37.3 Å². The maximum absolute atomic E-state index is 11.8. The summed E-state index contributed by atoms with van der Waals surface area (Å²) in [6.07, 6.45) is 6.79. The standard InChI is InChI=1S/C16H20ClNO3/c17-13-9-7-12(8-10-13)16(20)21-11-15(19)18-14-5-3-1-2-4-6-14/h7-10,14H,1-6,11H2,(H,18,19). The fraction of sp³-hybridized carbons (Fsp3) is 0.500. The number of rotatable bonds is 4. The largest absolute Gasteiger partial charge is 0.452 e. The third-order valence-corrected chi connectivity index (χ3v) is 3.89. The van der Waals surface area contributed by atoms with Gasteiger partial charge in [-0.25, -0.2) is 4.79 Å². The third-order valence-electron chi connectivity index (χ3n) is 3.63. The van der Waals surface area contributed by atoms with Crippen molar-refractivity contribution >= 4 is 23.5 Å². The molecule has 0 aliphatic heterocycles. The predicted octanol–water partition coefficient (Wildman–Crippen LogP) is 3.34. The summed E-state index contributed by atoms with van der Waals surface area (Å²) in [6, 6.07) is 6.60. The molecular weight excluding hydrogens is 290 g/mol. The molecule has 1 fully saturated rings. The Hall–Kier alpha value is -1.55. The monoisotopic (exact) mass is 309 g/mol. The van der Waals surface area contributed by atoms with Crippen molar-refractivity contribution in [2.45, 2.75) is 44.6 Å². The van der Waals surface area contributed by atoms with Crippen LogP contribution in [0.15, 0.2) is 24.3 Å². The number of nitrogens with one attached hydrogen (secondary N) is 1. The Morgan fingerprint density at radius 3 is 2.33 bits per heavy atom. The molecule has 0 bridgehead atoms. The number of ether oxygens (including phenoxy) is 1. The Morgan fingerprint density at radius 1 is 1.10 bits per heavy atom. The lowest BCUT2D eigenvalue weighted by Crippen LogP contribution is -2.37. The van der Waals surface area contributed by atoms with Gasteiger partial charge in [-0.05, 0) is 37.1 Å². The molecule has 2 rings (SSSR count). The summed E-state index contributed by atoms with van der Waals surface area (Å²) in [4.78, 5) is 23.6. The molecule has 1 aromatic rings. The molecule has 4 nitrogen and oxygen atoms in total. The molecule has 114 valence electrons. The predicted molar refractivity (Wildman–Crippen MR) is 81.4 cm³/mol. The van der Waals surface area contributed by atoms with Gasteiger partial charge in [0, 0.05) is 11.1 Å². The third kappa shape index (κ3) is 5.38. The second-order valence-corrected chi connectivity index (χ2v) is 5.78. The first-order chi connectivity index (χ1) is 10.1. The fourth-order valence-corrected chi connectivity index (χ4v) is 2.62. The second kappa shape index (κ2) is 8.03. The van der Waals surface area contributed by atoms with E-state index >= 15 is 0 Å². The van der Waals surface area contributed by atoms with Gasteiger partial charge >= 0.3 is 5.97 Å². The number of amides is 1. The summed E-state index contributed by atoms with van der Waals surface area (Å²) >= 11 is 5.75. The summed E-state index contributed by atoms with van der Waals surface area (Å²) < 4.78 is 5.01. The van der Waals surface area contributed by atoms with Crippen LogP contribution >= 0.6 is 11.6 Å². The van der Waals surface area contributed by atoms with Crippen LogP contribution in [0.5, 0.6) is 0 Å². The number of hydrogen-bond acceptors (Lipinski definition) is 3. The minimum Gasteiger partial charge on any atom is -0.452 e. The number of carbonyl (C=O) groups excluding carboxylic acids is 2. The summed E-state index contributed by atoms with van der Waals surface area (Å²) in [5.74, 6) is -0.744. The molecule has 0 saturated heterocycles. The number of carbonyl (C=O) groups is 2. The first kappa shape index (κ1) is 15.8. The smallest absolute Gasteiger partial charge is 0.338 e. The highest BCUT2D eigenvalue weighted by Gasteiger charge is 2.16. The SMILES string of the molecule is O=C(COC(=O)c1ccc(Cl)cc1)NC1CCCCCC1. The van der Waals surface area contributed by atoms with Crippen molar-refractivity contribution < 1.29 is 14.3 Å². The highest BCUT2D eigenvalue weighted by Crippen LogP contribution is 2.17. The number of benzene rings is 1. The van der Waals surface area contributed by atoms with E-state index in [-0.39, 0.29) is 18.6 Å². The molecule has 0 aromatic heterocycles. The lowest BCUT2D eigenvalue weighted by Gasteiger charge is -2.16. The van der Waals surface area contributed by atoms with Crippen LogP contribution in [-0.4, -0.2) is 24.5 Å².